The SMILES string of the molecule is Cc1ccccc1OC(=O)N1CCN(CC2COC(C)(C)C2)C1=N[N+](=O)[O-]. The van der Waals surface area contributed by atoms with Crippen molar-refractivity contribution >= 4 is 12.1 Å². The van der Waals surface area contributed by atoms with Gasteiger partial charge in [-0.25, -0.2) is 19.8 Å². The van der Waals surface area contributed by atoms with Gasteiger partial charge in [0.05, 0.1) is 18.8 Å². The lowest BCUT2D eigenvalue weighted by Crippen LogP contribution is -2.41. The molecule has 0 spiro atoms. The zero-order chi connectivity index (χ0) is 19.6. The Balaban J connectivity index is 1.73. The van der Waals surface area contributed by atoms with Gasteiger partial charge in [0.15, 0.2) is 5.03 Å². The summed E-state index contributed by atoms with van der Waals surface area (Å²) >= 11 is 0. The summed E-state index contributed by atoms with van der Waals surface area (Å²) < 4.78 is 11.2. The molecule has 2 aliphatic heterocycles. The normalized spacial score (nSPS) is 23.1. The zero-order valence-corrected chi connectivity index (χ0v) is 15.8. The molecule has 2 heterocycles. The van der Waals surface area contributed by atoms with Crippen molar-refractivity contribution in [1.82, 2.24) is 9.80 Å². The standard InChI is InChI=1S/C18H24N4O5/c1-13-6-4-5-7-15(13)27-17(23)21-9-8-20(16(21)19-22(24)25)11-14-10-18(2,3)26-12-14/h4-7,14H,8-12H2,1-3H3. The Kier molecular flexibility index (Phi) is 5.31. The molecule has 0 radical (unpaired) electrons. The number of guanidine groups is 1. The first-order valence-electron chi connectivity index (χ1n) is 8.92. The number of carbonyl (C=O) groups is 1. The number of aryl methyl sites for hydroxylation is 1. The highest BCUT2D eigenvalue weighted by atomic mass is 16.7. The van der Waals surface area contributed by atoms with Crippen LogP contribution in [0.25, 0.3) is 0 Å². The Bertz CT molecular complexity index is 764. The van der Waals surface area contributed by atoms with Crippen molar-refractivity contribution in [2.24, 2.45) is 11.0 Å². The first-order valence-corrected chi connectivity index (χ1v) is 8.92. The highest BCUT2D eigenvalue weighted by Crippen LogP contribution is 2.30. The van der Waals surface area contributed by atoms with Crippen LogP contribution in [0.5, 0.6) is 5.75 Å². The van der Waals surface area contributed by atoms with E-state index in [1.54, 1.807) is 17.0 Å². The Hall–Kier alpha value is -2.68. The molecule has 0 N–H and O–H groups in total. The predicted molar refractivity (Wildman–Crippen MR) is 98.0 cm³/mol. The minimum atomic E-state index is -0.781. The summed E-state index contributed by atoms with van der Waals surface area (Å²) in [7, 11) is 0. The van der Waals surface area contributed by atoms with Crippen molar-refractivity contribution in [2.45, 2.75) is 32.8 Å². The number of nitro groups is 1. The predicted octanol–water partition coefficient (Wildman–Crippen LogP) is 2.47. The first kappa shape index (κ1) is 19.1. The summed E-state index contributed by atoms with van der Waals surface area (Å²) in [6, 6.07) is 7.12. The number of nitrogens with zero attached hydrogens (tertiary/aromatic N) is 4. The summed E-state index contributed by atoms with van der Waals surface area (Å²) in [4.78, 5) is 26.6. The van der Waals surface area contributed by atoms with Crippen LogP contribution in [-0.4, -0.2) is 58.7 Å². The van der Waals surface area contributed by atoms with E-state index in [2.05, 4.69) is 5.10 Å². The number of hydrazone groups is 1. The van der Waals surface area contributed by atoms with Crippen LogP contribution in [0.3, 0.4) is 0 Å². The smallest absolute Gasteiger partial charge is 0.410 e. The van der Waals surface area contributed by atoms with E-state index in [1.165, 1.54) is 4.90 Å². The molecule has 27 heavy (non-hydrogen) atoms. The van der Waals surface area contributed by atoms with Crippen molar-refractivity contribution < 1.29 is 19.3 Å². The maximum atomic E-state index is 12.6. The lowest BCUT2D eigenvalue weighted by molar-refractivity contribution is -0.486. The summed E-state index contributed by atoms with van der Waals surface area (Å²) in [6.07, 6.45) is 0.179. The minimum Gasteiger partial charge on any atom is -0.410 e. The second-order valence-electron chi connectivity index (χ2n) is 7.51. The lowest BCUT2D eigenvalue weighted by atomic mass is 9.97. The third-order valence-corrected chi connectivity index (χ3v) is 4.77. The van der Waals surface area contributed by atoms with Crippen molar-refractivity contribution in [3.8, 4) is 5.75 Å². The number of amides is 1. The number of rotatable bonds is 4. The minimum absolute atomic E-state index is 0.0169. The Morgan fingerprint density at radius 2 is 2.15 bits per heavy atom. The fourth-order valence-electron chi connectivity index (χ4n) is 3.53. The molecule has 1 amide bonds. The lowest BCUT2D eigenvalue weighted by Gasteiger charge is -2.22. The largest absolute Gasteiger partial charge is 0.422 e. The highest BCUT2D eigenvalue weighted by molar-refractivity contribution is 5.96. The van der Waals surface area contributed by atoms with Gasteiger partial charge < -0.3 is 14.4 Å². The third-order valence-electron chi connectivity index (χ3n) is 4.77. The van der Waals surface area contributed by atoms with Crippen LogP contribution >= 0.6 is 0 Å². The van der Waals surface area contributed by atoms with E-state index in [4.69, 9.17) is 9.47 Å². The summed E-state index contributed by atoms with van der Waals surface area (Å²) in [5, 5.41) is 13.7. The molecule has 1 aromatic rings. The molecule has 146 valence electrons. The van der Waals surface area contributed by atoms with Gasteiger partial charge in [0.1, 0.15) is 10.9 Å². The third kappa shape index (κ3) is 4.54. The number of carbonyl (C=O) groups excluding carboxylic acids is 1. The van der Waals surface area contributed by atoms with Gasteiger partial charge in [0.25, 0.3) is 5.96 Å². The van der Waals surface area contributed by atoms with E-state index >= 15 is 0 Å². The number of para-hydroxylation sites is 1. The van der Waals surface area contributed by atoms with Crippen LogP contribution in [-0.2, 0) is 4.74 Å². The molecule has 9 nitrogen and oxygen atoms in total. The molecule has 2 fully saturated rings. The maximum Gasteiger partial charge on any atom is 0.422 e. The average Bonchev–Trinajstić information content (AvgIpc) is 3.12. The van der Waals surface area contributed by atoms with Gasteiger partial charge in [-0.3, -0.25) is 0 Å². The Labute approximate surface area is 157 Å². The molecule has 0 bridgehead atoms. The van der Waals surface area contributed by atoms with Crippen LogP contribution in [0.4, 0.5) is 4.79 Å². The zero-order valence-electron chi connectivity index (χ0n) is 15.8. The van der Waals surface area contributed by atoms with Crippen LogP contribution in [0.15, 0.2) is 29.4 Å². The Morgan fingerprint density at radius 1 is 1.41 bits per heavy atom. The summed E-state index contributed by atoms with van der Waals surface area (Å²) in [5.41, 5.74) is 0.605. The topological polar surface area (TPSA) is 97.5 Å². The molecular formula is C18H24N4O5. The van der Waals surface area contributed by atoms with Gasteiger partial charge >= 0.3 is 6.09 Å². The van der Waals surface area contributed by atoms with E-state index in [0.29, 0.717) is 25.4 Å². The number of hydrogen-bond donors (Lipinski definition) is 0. The van der Waals surface area contributed by atoms with Crippen LogP contribution in [0.2, 0.25) is 0 Å². The molecule has 0 aliphatic carbocycles. The summed E-state index contributed by atoms with van der Waals surface area (Å²) in [5.74, 6) is 0.667. The van der Waals surface area contributed by atoms with E-state index in [1.807, 2.05) is 32.9 Å². The molecule has 1 atom stereocenters. The van der Waals surface area contributed by atoms with Crippen LogP contribution < -0.4 is 4.74 Å². The second kappa shape index (κ2) is 7.51. The van der Waals surface area contributed by atoms with Gasteiger partial charge in [-0.05, 0) is 38.8 Å². The maximum absolute atomic E-state index is 12.6. The van der Waals surface area contributed by atoms with Crippen molar-refractivity contribution in [1.29, 1.82) is 0 Å². The molecule has 1 aromatic carbocycles. The quantitative estimate of drug-likeness (QED) is 0.591. The molecule has 3 rings (SSSR count). The second-order valence-corrected chi connectivity index (χ2v) is 7.51. The number of ether oxygens (including phenoxy) is 2. The number of hydrogen-bond acceptors (Lipinski definition) is 5. The van der Waals surface area contributed by atoms with Gasteiger partial charge in [0.2, 0.25) is 0 Å². The summed E-state index contributed by atoms with van der Waals surface area (Å²) in [6.45, 7) is 7.75. The van der Waals surface area contributed by atoms with E-state index in [-0.39, 0.29) is 24.0 Å². The van der Waals surface area contributed by atoms with Gasteiger partial charge in [-0.1, -0.05) is 18.2 Å². The monoisotopic (exact) mass is 376 g/mol. The molecule has 2 aliphatic rings. The fraction of sp³-hybridized carbons (Fsp3) is 0.556. The van der Waals surface area contributed by atoms with E-state index < -0.39 is 11.1 Å². The first-order chi connectivity index (χ1) is 12.7. The highest BCUT2D eigenvalue weighted by Gasteiger charge is 2.39. The molecule has 0 saturated carbocycles. The van der Waals surface area contributed by atoms with E-state index in [9.17, 15) is 14.9 Å². The van der Waals surface area contributed by atoms with Crippen molar-refractivity contribution in [3.63, 3.8) is 0 Å². The van der Waals surface area contributed by atoms with Crippen LogP contribution in [0, 0.1) is 23.0 Å². The molecule has 0 aromatic heterocycles. The average molecular weight is 376 g/mol. The van der Waals surface area contributed by atoms with Crippen LogP contribution in [0.1, 0.15) is 25.8 Å². The Morgan fingerprint density at radius 3 is 2.78 bits per heavy atom. The van der Waals surface area contributed by atoms with Gasteiger partial charge in [-0.2, -0.15) is 0 Å². The number of benzene rings is 1. The van der Waals surface area contributed by atoms with Gasteiger partial charge in [-0.15, -0.1) is 0 Å². The van der Waals surface area contributed by atoms with E-state index in [0.717, 1.165) is 12.0 Å². The van der Waals surface area contributed by atoms with Crippen molar-refractivity contribution in [2.75, 3.05) is 26.2 Å². The molecule has 1 unspecified atom stereocenters. The van der Waals surface area contributed by atoms with Gasteiger partial charge in [0, 0.05) is 19.0 Å². The molecule has 9 heteroatoms. The molecule has 2 saturated heterocycles. The molecular weight excluding hydrogens is 352 g/mol. The fourth-order valence-corrected chi connectivity index (χ4v) is 3.53. The van der Waals surface area contributed by atoms with Crippen molar-refractivity contribution in [3.05, 3.63) is 39.9 Å².